The Morgan fingerprint density at radius 2 is 2.22 bits per heavy atom. The maximum Gasteiger partial charge on any atom is 0.356 e. The van der Waals surface area contributed by atoms with Crippen LogP contribution in [-0.2, 0) is 7.05 Å². The van der Waals surface area contributed by atoms with Crippen molar-refractivity contribution in [2.24, 2.45) is 7.05 Å². The molecule has 0 saturated heterocycles. The first-order valence-corrected chi connectivity index (χ1v) is 6.37. The molecule has 0 fully saturated rings. The maximum absolute atomic E-state index is 13.7. The first kappa shape index (κ1) is 12.6. The lowest BCUT2D eigenvalue weighted by Gasteiger charge is -2.08. The number of rotatable bonds is 3. The number of carboxylic acids is 1. The minimum absolute atomic E-state index is 0.0520. The molecule has 0 aliphatic carbocycles. The van der Waals surface area contributed by atoms with Gasteiger partial charge in [-0.2, -0.15) is 5.10 Å². The first-order valence-electron chi connectivity index (χ1n) is 5.14. The number of benzene rings is 1. The lowest BCUT2D eigenvalue weighted by Crippen LogP contribution is -1.99. The third-order valence-electron chi connectivity index (χ3n) is 2.55. The van der Waals surface area contributed by atoms with Crippen molar-refractivity contribution in [3.63, 3.8) is 0 Å². The molecule has 0 saturated carbocycles. The van der Waals surface area contributed by atoms with Crippen LogP contribution in [0.5, 0.6) is 0 Å². The SMILES string of the molecule is CSc1c(F)cccc1-c1cc(C(=O)O)nn1C. The zero-order chi connectivity index (χ0) is 13.3. The van der Waals surface area contributed by atoms with Gasteiger partial charge in [-0.05, 0) is 18.4 Å². The van der Waals surface area contributed by atoms with Crippen LogP contribution in [0.1, 0.15) is 10.5 Å². The number of nitrogens with zero attached hydrogens (tertiary/aromatic N) is 2. The fraction of sp³-hybridized carbons (Fsp3) is 0.167. The third-order valence-corrected chi connectivity index (χ3v) is 3.37. The minimum Gasteiger partial charge on any atom is -0.476 e. The van der Waals surface area contributed by atoms with Gasteiger partial charge in [-0.1, -0.05) is 12.1 Å². The molecule has 0 atom stereocenters. The summed E-state index contributed by atoms with van der Waals surface area (Å²) in [4.78, 5) is 11.3. The second kappa shape index (κ2) is 4.81. The quantitative estimate of drug-likeness (QED) is 0.868. The van der Waals surface area contributed by atoms with E-state index in [4.69, 9.17) is 5.11 Å². The molecular formula is C12H11FN2O2S. The molecule has 1 N–H and O–H groups in total. The number of carbonyl (C=O) groups is 1. The zero-order valence-corrected chi connectivity index (χ0v) is 10.7. The number of carboxylic acid groups (broad SMARTS) is 1. The zero-order valence-electron chi connectivity index (χ0n) is 9.85. The smallest absolute Gasteiger partial charge is 0.356 e. The number of aryl methyl sites for hydroxylation is 1. The van der Waals surface area contributed by atoms with Crippen molar-refractivity contribution in [3.05, 3.63) is 35.8 Å². The highest BCUT2D eigenvalue weighted by Crippen LogP contribution is 2.32. The molecule has 0 aliphatic heterocycles. The molecule has 4 nitrogen and oxygen atoms in total. The average Bonchev–Trinajstić information content (AvgIpc) is 2.71. The molecule has 0 amide bonds. The van der Waals surface area contributed by atoms with E-state index >= 15 is 0 Å². The van der Waals surface area contributed by atoms with Gasteiger partial charge in [0.2, 0.25) is 0 Å². The topological polar surface area (TPSA) is 55.1 Å². The Labute approximate surface area is 107 Å². The van der Waals surface area contributed by atoms with E-state index in [9.17, 15) is 9.18 Å². The highest BCUT2D eigenvalue weighted by molar-refractivity contribution is 7.98. The second-order valence-corrected chi connectivity index (χ2v) is 4.48. The van der Waals surface area contributed by atoms with Crippen molar-refractivity contribution >= 4 is 17.7 Å². The fourth-order valence-electron chi connectivity index (χ4n) is 1.74. The molecule has 2 rings (SSSR count). The molecule has 6 heteroatoms. The molecule has 0 bridgehead atoms. The molecule has 0 spiro atoms. The Morgan fingerprint density at radius 1 is 1.50 bits per heavy atom. The number of aromatic carboxylic acids is 1. The van der Waals surface area contributed by atoms with Crippen LogP contribution in [0.2, 0.25) is 0 Å². The maximum atomic E-state index is 13.7. The van der Waals surface area contributed by atoms with Gasteiger partial charge in [-0.3, -0.25) is 4.68 Å². The van der Waals surface area contributed by atoms with Gasteiger partial charge in [0.25, 0.3) is 0 Å². The van der Waals surface area contributed by atoms with Crippen LogP contribution < -0.4 is 0 Å². The van der Waals surface area contributed by atoms with E-state index in [0.29, 0.717) is 16.2 Å². The fourth-order valence-corrected chi connectivity index (χ4v) is 2.40. The van der Waals surface area contributed by atoms with Gasteiger partial charge in [0, 0.05) is 12.6 Å². The average molecular weight is 266 g/mol. The van der Waals surface area contributed by atoms with E-state index in [0.717, 1.165) is 0 Å². The van der Waals surface area contributed by atoms with Crippen LogP contribution in [0, 0.1) is 5.82 Å². The van der Waals surface area contributed by atoms with Gasteiger partial charge in [-0.25, -0.2) is 9.18 Å². The van der Waals surface area contributed by atoms with Crippen molar-refractivity contribution in [1.82, 2.24) is 9.78 Å². The number of hydrogen-bond acceptors (Lipinski definition) is 3. The molecule has 0 unspecified atom stereocenters. The first-order chi connectivity index (χ1) is 8.54. The molecule has 0 radical (unpaired) electrons. The van der Waals surface area contributed by atoms with Crippen molar-refractivity contribution in [1.29, 1.82) is 0 Å². The predicted molar refractivity (Wildman–Crippen MR) is 67.3 cm³/mol. The van der Waals surface area contributed by atoms with Crippen LogP contribution in [0.4, 0.5) is 4.39 Å². The lowest BCUT2D eigenvalue weighted by molar-refractivity contribution is 0.0689. The van der Waals surface area contributed by atoms with Crippen LogP contribution >= 0.6 is 11.8 Å². The summed E-state index contributed by atoms with van der Waals surface area (Å²) in [5.74, 6) is -1.42. The summed E-state index contributed by atoms with van der Waals surface area (Å²) in [6, 6.07) is 6.16. The monoisotopic (exact) mass is 266 g/mol. The van der Waals surface area contributed by atoms with Gasteiger partial charge < -0.3 is 5.11 Å². The van der Waals surface area contributed by atoms with Crippen LogP contribution in [0.3, 0.4) is 0 Å². The summed E-state index contributed by atoms with van der Waals surface area (Å²) in [5, 5.41) is 12.8. The summed E-state index contributed by atoms with van der Waals surface area (Å²) < 4.78 is 15.1. The largest absolute Gasteiger partial charge is 0.476 e. The summed E-state index contributed by atoms with van der Waals surface area (Å²) in [5.41, 5.74) is 1.17. The van der Waals surface area contributed by atoms with Crippen molar-refractivity contribution < 1.29 is 14.3 Å². The van der Waals surface area contributed by atoms with E-state index in [-0.39, 0.29) is 11.5 Å². The Balaban J connectivity index is 2.62. The molecule has 2 aromatic rings. The summed E-state index contributed by atoms with van der Waals surface area (Å²) in [6.07, 6.45) is 1.77. The normalized spacial score (nSPS) is 10.6. The predicted octanol–water partition coefficient (Wildman–Crippen LogP) is 2.65. The van der Waals surface area contributed by atoms with Gasteiger partial charge in [0.05, 0.1) is 10.6 Å². The van der Waals surface area contributed by atoms with Gasteiger partial charge in [0.15, 0.2) is 5.69 Å². The summed E-state index contributed by atoms with van der Waals surface area (Å²) in [7, 11) is 1.64. The van der Waals surface area contributed by atoms with E-state index in [1.165, 1.54) is 28.6 Å². The Morgan fingerprint density at radius 3 is 2.78 bits per heavy atom. The second-order valence-electron chi connectivity index (χ2n) is 3.66. The number of thioether (sulfide) groups is 1. The van der Waals surface area contributed by atoms with E-state index in [1.54, 1.807) is 25.4 Å². The van der Waals surface area contributed by atoms with Crippen LogP contribution in [0.15, 0.2) is 29.2 Å². The molecule has 1 heterocycles. The highest BCUT2D eigenvalue weighted by Gasteiger charge is 2.16. The van der Waals surface area contributed by atoms with Crippen molar-refractivity contribution in [2.75, 3.05) is 6.26 Å². The molecule has 1 aromatic carbocycles. The van der Waals surface area contributed by atoms with E-state index in [1.807, 2.05) is 0 Å². The molecule has 94 valence electrons. The van der Waals surface area contributed by atoms with Crippen LogP contribution in [-0.4, -0.2) is 27.1 Å². The Bertz CT molecular complexity index is 610. The Hall–Kier alpha value is -1.82. The minimum atomic E-state index is -1.10. The van der Waals surface area contributed by atoms with E-state index < -0.39 is 5.97 Å². The molecular weight excluding hydrogens is 255 g/mol. The molecule has 1 aromatic heterocycles. The summed E-state index contributed by atoms with van der Waals surface area (Å²) >= 11 is 1.28. The summed E-state index contributed by atoms with van der Waals surface area (Å²) in [6.45, 7) is 0. The highest BCUT2D eigenvalue weighted by atomic mass is 32.2. The Kier molecular flexibility index (Phi) is 3.38. The number of halogens is 1. The number of aromatic nitrogens is 2. The number of hydrogen-bond donors (Lipinski definition) is 1. The van der Waals surface area contributed by atoms with Gasteiger partial charge in [-0.15, -0.1) is 11.8 Å². The molecule has 0 aliphatic rings. The van der Waals surface area contributed by atoms with Gasteiger partial charge in [0.1, 0.15) is 5.82 Å². The third kappa shape index (κ3) is 2.11. The van der Waals surface area contributed by atoms with Crippen molar-refractivity contribution in [2.45, 2.75) is 4.90 Å². The van der Waals surface area contributed by atoms with Gasteiger partial charge >= 0.3 is 5.97 Å². The van der Waals surface area contributed by atoms with E-state index in [2.05, 4.69) is 5.10 Å². The standard InChI is InChI=1S/C12H11FN2O2S/c1-15-10(6-9(14-15)12(16)17)7-4-3-5-8(13)11(7)18-2/h3-6H,1-2H3,(H,16,17). The lowest BCUT2D eigenvalue weighted by atomic mass is 10.1. The molecule has 18 heavy (non-hydrogen) atoms. The van der Waals surface area contributed by atoms with Crippen molar-refractivity contribution in [3.8, 4) is 11.3 Å². The van der Waals surface area contributed by atoms with Crippen LogP contribution in [0.25, 0.3) is 11.3 Å².